The number of rotatable bonds is 4. The van der Waals surface area contributed by atoms with Crippen LogP contribution in [0.25, 0.3) is 0 Å². The molecule has 0 spiro atoms. The Morgan fingerprint density at radius 3 is 2.88 bits per heavy atom. The first-order chi connectivity index (χ1) is 8.20. The first kappa shape index (κ1) is 11.5. The molecule has 88 valence electrons. The Morgan fingerprint density at radius 2 is 2.24 bits per heavy atom. The largest absolute Gasteiger partial charge is 0.294 e. The molecule has 2 aromatic heterocycles. The molecule has 0 fully saturated rings. The van der Waals surface area contributed by atoms with Gasteiger partial charge < -0.3 is 0 Å². The number of nitrogens with zero attached hydrogens (tertiary/aromatic N) is 3. The molecule has 4 nitrogen and oxygen atoms in total. The molecule has 0 unspecified atom stereocenters. The number of hydrogen-bond donors (Lipinski definition) is 0. The maximum atomic E-state index is 12.1. The lowest BCUT2D eigenvalue weighted by Crippen LogP contribution is -2.05. The number of pyridine rings is 1. The average molecular weight is 229 g/mol. The maximum absolute atomic E-state index is 12.1. The minimum absolute atomic E-state index is 0.112. The van der Waals surface area contributed by atoms with Crippen LogP contribution in [-0.4, -0.2) is 20.5 Å². The topological polar surface area (TPSA) is 47.8 Å². The van der Waals surface area contributed by atoms with E-state index < -0.39 is 0 Å². The van der Waals surface area contributed by atoms with Crippen molar-refractivity contribution in [3.05, 3.63) is 47.5 Å². The average Bonchev–Trinajstić information content (AvgIpc) is 2.77. The Morgan fingerprint density at radius 1 is 1.41 bits per heavy atom. The van der Waals surface area contributed by atoms with Gasteiger partial charge in [0.2, 0.25) is 0 Å². The minimum atomic E-state index is 0.112. The van der Waals surface area contributed by atoms with Crippen molar-refractivity contribution in [2.24, 2.45) is 0 Å². The molecule has 0 radical (unpaired) electrons. The Balaban J connectivity index is 2.14. The minimum Gasteiger partial charge on any atom is -0.294 e. The highest BCUT2D eigenvalue weighted by molar-refractivity contribution is 5.98. The fraction of sp³-hybridized carbons (Fsp3) is 0.308. The van der Waals surface area contributed by atoms with Gasteiger partial charge in [-0.15, -0.1) is 0 Å². The monoisotopic (exact) mass is 229 g/mol. The Kier molecular flexibility index (Phi) is 3.32. The van der Waals surface area contributed by atoms with E-state index in [9.17, 15) is 4.79 Å². The lowest BCUT2D eigenvalue weighted by Gasteiger charge is -2.02. The molecule has 2 aromatic rings. The molecule has 0 aromatic carbocycles. The van der Waals surface area contributed by atoms with E-state index in [-0.39, 0.29) is 5.78 Å². The molecule has 2 heterocycles. The van der Waals surface area contributed by atoms with Crippen LogP contribution in [0.2, 0.25) is 0 Å². The normalized spacial score (nSPS) is 10.5. The van der Waals surface area contributed by atoms with Crippen molar-refractivity contribution < 1.29 is 4.79 Å². The number of hydrogen-bond acceptors (Lipinski definition) is 3. The van der Waals surface area contributed by atoms with Crippen LogP contribution in [0.4, 0.5) is 0 Å². The van der Waals surface area contributed by atoms with Gasteiger partial charge in [0.05, 0.1) is 6.20 Å². The van der Waals surface area contributed by atoms with Crippen LogP contribution in [-0.2, 0) is 13.0 Å². The number of aromatic nitrogens is 3. The van der Waals surface area contributed by atoms with Gasteiger partial charge in [0, 0.05) is 37.1 Å². The Bertz CT molecular complexity index is 531. The molecule has 0 saturated heterocycles. The molecule has 0 amide bonds. The fourth-order valence-electron chi connectivity index (χ4n) is 1.74. The van der Waals surface area contributed by atoms with Gasteiger partial charge in [0.1, 0.15) is 0 Å². The van der Waals surface area contributed by atoms with Crippen molar-refractivity contribution >= 4 is 5.78 Å². The standard InChI is InChI=1S/C13H15N3O/c1-3-16-9-11(8-15-16)6-13(17)12-4-5-14-7-10(12)2/h4-5,7-9H,3,6H2,1-2H3. The van der Waals surface area contributed by atoms with Crippen molar-refractivity contribution in [2.75, 3.05) is 0 Å². The van der Waals surface area contributed by atoms with Gasteiger partial charge in [0.15, 0.2) is 5.78 Å². The van der Waals surface area contributed by atoms with Crippen LogP contribution < -0.4 is 0 Å². The third kappa shape index (κ3) is 2.58. The van der Waals surface area contributed by atoms with Crippen LogP contribution in [0.3, 0.4) is 0 Å². The third-order valence-electron chi connectivity index (χ3n) is 2.70. The lowest BCUT2D eigenvalue weighted by atomic mass is 10.0. The van der Waals surface area contributed by atoms with E-state index in [4.69, 9.17) is 0 Å². The summed E-state index contributed by atoms with van der Waals surface area (Å²) < 4.78 is 1.82. The highest BCUT2D eigenvalue weighted by Gasteiger charge is 2.10. The van der Waals surface area contributed by atoms with E-state index >= 15 is 0 Å². The van der Waals surface area contributed by atoms with Gasteiger partial charge in [-0.2, -0.15) is 5.10 Å². The number of Topliss-reactive ketones (excluding diaryl/α,β-unsaturated/α-hetero) is 1. The van der Waals surface area contributed by atoms with Crippen molar-refractivity contribution in [3.63, 3.8) is 0 Å². The molecule has 4 heteroatoms. The van der Waals surface area contributed by atoms with E-state index in [1.54, 1.807) is 24.7 Å². The highest BCUT2D eigenvalue weighted by atomic mass is 16.1. The maximum Gasteiger partial charge on any atom is 0.167 e. The predicted molar refractivity (Wildman–Crippen MR) is 64.9 cm³/mol. The quantitative estimate of drug-likeness (QED) is 0.754. The van der Waals surface area contributed by atoms with Gasteiger partial charge in [0.25, 0.3) is 0 Å². The van der Waals surface area contributed by atoms with Crippen LogP contribution in [0.1, 0.15) is 28.4 Å². The summed E-state index contributed by atoms with van der Waals surface area (Å²) in [7, 11) is 0. The van der Waals surface area contributed by atoms with Gasteiger partial charge in [-0.05, 0) is 31.0 Å². The molecule has 0 bridgehead atoms. The summed E-state index contributed by atoms with van der Waals surface area (Å²) in [6.07, 6.45) is 7.41. The summed E-state index contributed by atoms with van der Waals surface area (Å²) in [5.74, 6) is 0.112. The van der Waals surface area contributed by atoms with Crippen LogP contribution >= 0.6 is 0 Å². The van der Waals surface area contributed by atoms with Gasteiger partial charge in [-0.1, -0.05) is 0 Å². The van der Waals surface area contributed by atoms with Crippen LogP contribution in [0, 0.1) is 6.92 Å². The van der Waals surface area contributed by atoms with Crippen LogP contribution in [0.15, 0.2) is 30.9 Å². The zero-order valence-electron chi connectivity index (χ0n) is 10.1. The van der Waals surface area contributed by atoms with E-state index in [2.05, 4.69) is 10.1 Å². The van der Waals surface area contributed by atoms with E-state index in [1.165, 1.54) is 0 Å². The molecule has 0 aliphatic rings. The highest BCUT2D eigenvalue weighted by Crippen LogP contribution is 2.10. The van der Waals surface area contributed by atoms with Crippen molar-refractivity contribution in [2.45, 2.75) is 26.8 Å². The summed E-state index contributed by atoms with van der Waals surface area (Å²) in [5.41, 5.74) is 2.61. The fourth-order valence-corrected chi connectivity index (χ4v) is 1.74. The zero-order chi connectivity index (χ0) is 12.3. The Labute approximate surface area is 100 Å². The van der Waals surface area contributed by atoms with Crippen molar-refractivity contribution in [3.8, 4) is 0 Å². The summed E-state index contributed by atoms with van der Waals surface area (Å²) in [6.45, 7) is 4.74. The van der Waals surface area contributed by atoms with Gasteiger partial charge in [-0.3, -0.25) is 14.5 Å². The summed E-state index contributed by atoms with van der Waals surface area (Å²) in [6, 6.07) is 1.77. The summed E-state index contributed by atoms with van der Waals surface area (Å²) in [4.78, 5) is 16.1. The van der Waals surface area contributed by atoms with Gasteiger partial charge >= 0.3 is 0 Å². The molecular weight excluding hydrogens is 214 g/mol. The number of ketones is 1. The zero-order valence-corrected chi connectivity index (χ0v) is 10.1. The number of carbonyl (C=O) groups excluding carboxylic acids is 1. The van der Waals surface area contributed by atoms with Crippen LogP contribution in [0.5, 0.6) is 0 Å². The molecule has 0 atom stereocenters. The van der Waals surface area contributed by atoms with E-state index in [0.29, 0.717) is 6.42 Å². The molecular formula is C13H15N3O. The molecule has 0 aliphatic carbocycles. The van der Waals surface area contributed by atoms with Crippen molar-refractivity contribution in [1.29, 1.82) is 0 Å². The van der Waals surface area contributed by atoms with Crippen molar-refractivity contribution in [1.82, 2.24) is 14.8 Å². The Hall–Kier alpha value is -1.97. The second kappa shape index (κ2) is 4.91. The lowest BCUT2D eigenvalue weighted by molar-refractivity contribution is 0.0992. The predicted octanol–water partition coefficient (Wildman–Crippen LogP) is 2.03. The van der Waals surface area contributed by atoms with E-state index in [0.717, 1.165) is 23.2 Å². The number of aryl methyl sites for hydroxylation is 2. The first-order valence-electron chi connectivity index (χ1n) is 5.66. The first-order valence-corrected chi connectivity index (χ1v) is 5.66. The summed E-state index contributed by atoms with van der Waals surface area (Å²) >= 11 is 0. The summed E-state index contributed by atoms with van der Waals surface area (Å²) in [5, 5.41) is 4.16. The SMILES string of the molecule is CCn1cc(CC(=O)c2ccncc2C)cn1. The number of carbonyl (C=O) groups is 1. The second-order valence-corrected chi connectivity index (χ2v) is 3.99. The third-order valence-corrected chi connectivity index (χ3v) is 2.70. The molecule has 0 N–H and O–H groups in total. The molecule has 0 saturated carbocycles. The van der Waals surface area contributed by atoms with Gasteiger partial charge in [-0.25, -0.2) is 0 Å². The second-order valence-electron chi connectivity index (χ2n) is 3.99. The molecule has 17 heavy (non-hydrogen) atoms. The van der Waals surface area contributed by atoms with E-state index in [1.807, 2.05) is 24.7 Å². The smallest absolute Gasteiger partial charge is 0.167 e. The molecule has 2 rings (SSSR count). The molecule has 0 aliphatic heterocycles.